The molecule has 0 spiro atoms. The largest absolute Gasteiger partial charge is 0.495 e. The minimum atomic E-state index is 0.774. The number of piperazine rings is 2. The smallest absolute Gasteiger partial charge is 0.142 e. The topological polar surface area (TPSA) is 49.5 Å². The zero-order valence-electron chi connectivity index (χ0n) is 32.1. The lowest BCUT2D eigenvalue weighted by molar-refractivity contribution is 0.238. The van der Waals surface area contributed by atoms with Crippen molar-refractivity contribution < 1.29 is 14.2 Å². The molecule has 290 valence electrons. The summed E-state index contributed by atoms with van der Waals surface area (Å²) in [5.41, 5.74) is 4.71. The van der Waals surface area contributed by atoms with Crippen molar-refractivity contribution in [1.29, 1.82) is 0 Å². The number of hydrogen-bond acceptors (Lipinski definition) is 7. The van der Waals surface area contributed by atoms with Crippen molar-refractivity contribution in [3.63, 3.8) is 0 Å². The van der Waals surface area contributed by atoms with Crippen molar-refractivity contribution in [2.45, 2.75) is 25.7 Å². The number of hydrogen-bond donors (Lipinski definition) is 0. The third-order valence-corrected chi connectivity index (χ3v) is 11.0. The van der Waals surface area contributed by atoms with Gasteiger partial charge in [0.05, 0.1) is 36.7 Å². The van der Waals surface area contributed by atoms with Gasteiger partial charge in [-0.05, 0) is 99.4 Å². The number of aromatic nitrogens is 2. The lowest BCUT2D eigenvalue weighted by Gasteiger charge is -2.36. The Labute approximate surface area is 331 Å². The normalized spacial score (nSPS) is 15.2. The zero-order chi connectivity index (χ0) is 37.7. The van der Waals surface area contributed by atoms with E-state index in [1.165, 1.54) is 29.6 Å². The number of unbranched alkanes of at least 4 members (excludes halogenated alkanes) is 2. The molecule has 2 aliphatic rings. The highest BCUT2D eigenvalue weighted by Gasteiger charge is 2.20. The summed E-state index contributed by atoms with van der Waals surface area (Å²) < 4.78 is 21.5. The lowest BCUT2D eigenvalue weighted by Crippen LogP contribution is -2.46. The number of halogens is 1. The van der Waals surface area contributed by atoms with Crippen LogP contribution in [0.15, 0.2) is 122 Å². The van der Waals surface area contributed by atoms with Gasteiger partial charge < -0.3 is 32.8 Å². The Morgan fingerprint density at radius 3 is 1.53 bits per heavy atom. The SMILES string of the molecule is COc1ccccc1N1CCN(CCCCOc2ccn3cccc3c2)CC1.Clc1ccccc1N1CCN(CCCCOc2ccn3cccc3c2)CC1. The van der Waals surface area contributed by atoms with Crippen molar-refractivity contribution in [2.24, 2.45) is 0 Å². The van der Waals surface area contributed by atoms with Crippen LogP contribution >= 0.6 is 11.6 Å². The molecule has 8 rings (SSSR count). The molecule has 9 nitrogen and oxygen atoms in total. The minimum absolute atomic E-state index is 0.774. The van der Waals surface area contributed by atoms with Crippen LogP contribution in [0.2, 0.25) is 5.02 Å². The Hall–Kier alpha value is -4.83. The summed E-state index contributed by atoms with van der Waals surface area (Å²) in [6, 6.07) is 32.9. The molecule has 2 saturated heterocycles. The molecule has 2 aliphatic heterocycles. The van der Waals surface area contributed by atoms with E-state index in [4.69, 9.17) is 25.8 Å². The third-order valence-electron chi connectivity index (χ3n) is 10.6. The van der Waals surface area contributed by atoms with Gasteiger partial charge in [0.1, 0.15) is 17.2 Å². The Kier molecular flexibility index (Phi) is 13.7. The Bertz CT molecular complexity index is 2050. The Morgan fingerprint density at radius 1 is 0.509 bits per heavy atom. The van der Waals surface area contributed by atoms with E-state index in [2.05, 4.69) is 76.9 Å². The van der Waals surface area contributed by atoms with Crippen LogP contribution in [0, 0.1) is 0 Å². The van der Waals surface area contributed by atoms with Gasteiger partial charge in [-0.1, -0.05) is 35.9 Å². The molecule has 0 amide bonds. The highest BCUT2D eigenvalue weighted by Crippen LogP contribution is 2.29. The van der Waals surface area contributed by atoms with Crippen LogP contribution in [0.4, 0.5) is 11.4 Å². The highest BCUT2D eigenvalue weighted by atomic mass is 35.5. The summed E-state index contributed by atoms with van der Waals surface area (Å²) in [6.07, 6.45) is 12.7. The van der Waals surface area contributed by atoms with Crippen LogP contribution in [0.1, 0.15) is 25.7 Å². The number of pyridine rings is 2. The van der Waals surface area contributed by atoms with E-state index < -0.39 is 0 Å². The molecule has 6 aromatic rings. The molecule has 0 saturated carbocycles. The molecule has 0 aliphatic carbocycles. The number of benzene rings is 2. The maximum Gasteiger partial charge on any atom is 0.142 e. The molecule has 10 heteroatoms. The van der Waals surface area contributed by atoms with Crippen LogP contribution in [0.5, 0.6) is 17.2 Å². The van der Waals surface area contributed by atoms with Gasteiger partial charge in [-0.15, -0.1) is 0 Å². The molecule has 0 bridgehead atoms. The molecule has 2 aromatic carbocycles. The molecule has 0 unspecified atom stereocenters. The maximum atomic E-state index is 6.32. The highest BCUT2D eigenvalue weighted by molar-refractivity contribution is 6.33. The fourth-order valence-corrected chi connectivity index (χ4v) is 7.74. The van der Waals surface area contributed by atoms with E-state index in [1.807, 2.05) is 73.3 Å². The lowest BCUT2D eigenvalue weighted by atomic mass is 10.2. The second-order valence-electron chi connectivity index (χ2n) is 14.3. The van der Waals surface area contributed by atoms with Gasteiger partial charge in [0, 0.05) is 100 Å². The second kappa shape index (κ2) is 19.7. The summed E-state index contributed by atoms with van der Waals surface area (Å²) in [4.78, 5) is 9.91. The van der Waals surface area contributed by atoms with Crippen LogP contribution in [-0.4, -0.2) is 104 Å². The molecule has 2 fully saturated rings. The van der Waals surface area contributed by atoms with E-state index in [9.17, 15) is 0 Å². The number of ether oxygens (including phenoxy) is 3. The first-order chi connectivity index (χ1) is 27.1. The van der Waals surface area contributed by atoms with Crippen molar-refractivity contribution in [3.05, 3.63) is 127 Å². The third kappa shape index (κ3) is 10.7. The summed E-state index contributed by atoms with van der Waals surface area (Å²) in [6.45, 7) is 12.4. The van der Waals surface area contributed by atoms with Crippen molar-refractivity contribution >= 4 is 34.0 Å². The Morgan fingerprint density at radius 2 is 1.00 bits per heavy atom. The van der Waals surface area contributed by atoms with Gasteiger partial charge in [0.2, 0.25) is 0 Å². The first-order valence-electron chi connectivity index (χ1n) is 19.8. The summed E-state index contributed by atoms with van der Waals surface area (Å²) >= 11 is 6.32. The average molecular weight is 763 g/mol. The molecule has 0 atom stereocenters. The number of fused-ring (bicyclic) bond motifs is 2. The quantitative estimate of drug-likeness (QED) is 0.0974. The van der Waals surface area contributed by atoms with Gasteiger partial charge in [-0.25, -0.2) is 0 Å². The second-order valence-corrected chi connectivity index (χ2v) is 14.7. The fourth-order valence-electron chi connectivity index (χ4n) is 7.48. The molecular formula is C45H55ClN6O3. The standard InChI is InChI=1S/C23H29N3O2.C22H26ClN3O/c1-27-23-9-3-2-8-22(23)26-16-14-24(15-17-26)11-4-5-18-28-21-10-13-25-12-6-7-20(25)19-21;23-21-7-1-2-8-22(21)26-15-13-24(14-16-26)10-3-4-17-27-20-9-12-25-11-5-6-19(25)18-20/h2-3,6-10,12-13,19H,4-5,11,14-18H2,1H3;1-2,5-9,11-12,18H,3-4,10,13-17H2. The number of rotatable bonds is 15. The number of nitrogens with zero attached hydrogens (tertiary/aromatic N) is 6. The fraction of sp³-hybridized carbons (Fsp3) is 0.378. The van der Waals surface area contributed by atoms with Gasteiger partial charge in [-0.2, -0.15) is 0 Å². The van der Waals surface area contributed by atoms with Crippen molar-refractivity contribution in [3.8, 4) is 17.2 Å². The zero-order valence-corrected chi connectivity index (χ0v) is 32.9. The van der Waals surface area contributed by atoms with Crippen LogP contribution in [-0.2, 0) is 0 Å². The maximum absolute atomic E-state index is 6.32. The monoisotopic (exact) mass is 762 g/mol. The van der Waals surface area contributed by atoms with Gasteiger partial charge in [0.25, 0.3) is 0 Å². The predicted molar refractivity (Wildman–Crippen MR) is 226 cm³/mol. The van der Waals surface area contributed by atoms with Crippen molar-refractivity contribution in [2.75, 3.05) is 95.6 Å². The predicted octanol–water partition coefficient (Wildman–Crippen LogP) is 8.50. The molecule has 6 heterocycles. The number of para-hydroxylation sites is 3. The van der Waals surface area contributed by atoms with E-state index in [0.717, 1.165) is 119 Å². The first-order valence-corrected chi connectivity index (χ1v) is 20.2. The molecular weight excluding hydrogens is 708 g/mol. The molecule has 0 radical (unpaired) electrons. The summed E-state index contributed by atoms with van der Waals surface area (Å²) in [5.74, 6) is 2.87. The van der Waals surface area contributed by atoms with Crippen molar-refractivity contribution in [1.82, 2.24) is 18.6 Å². The number of methoxy groups -OCH3 is 1. The average Bonchev–Trinajstić information content (AvgIpc) is 3.91. The first kappa shape index (κ1) is 38.4. The van der Waals surface area contributed by atoms with Crippen LogP contribution in [0.3, 0.4) is 0 Å². The Balaban J connectivity index is 0.000000169. The van der Waals surface area contributed by atoms with E-state index in [-0.39, 0.29) is 0 Å². The molecule has 0 N–H and O–H groups in total. The van der Waals surface area contributed by atoms with Crippen LogP contribution < -0.4 is 24.0 Å². The minimum Gasteiger partial charge on any atom is -0.495 e. The van der Waals surface area contributed by atoms with E-state index in [1.54, 1.807) is 7.11 Å². The molecule has 55 heavy (non-hydrogen) atoms. The van der Waals surface area contributed by atoms with Crippen LogP contribution in [0.25, 0.3) is 11.0 Å². The summed E-state index contributed by atoms with van der Waals surface area (Å²) in [5, 5.41) is 0.849. The van der Waals surface area contributed by atoms with Gasteiger partial charge in [0.15, 0.2) is 0 Å². The van der Waals surface area contributed by atoms with E-state index >= 15 is 0 Å². The number of anilines is 2. The van der Waals surface area contributed by atoms with E-state index in [0.29, 0.717) is 0 Å². The van der Waals surface area contributed by atoms with Gasteiger partial charge >= 0.3 is 0 Å². The summed E-state index contributed by atoms with van der Waals surface area (Å²) in [7, 11) is 1.74. The van der Waals surface area contributed by atoms with Gasteiger partial charge in [-0.3, -0.25) is 9.80 Å². The molecule has 4 aromatic heterocycles.